The van der Waals surface area contributed by atoms with E-state index >= 15 is 0 Å². The summed E-state index contributed by atoms with van der Waals surface area (Å²) in [5.41, 5.74) is 2.83. The molecule has 23 heavy (non-hydrogen) atoms. The number of nitrogens with one attached hydrogen (secondary N) is 1. The van der Waals surface area contributed by atoms with Gasteiger partial charge in [-0.3, -0.25) is 9.59 Å². The Morgan fingerprint density at radius 2 is 1.96 bits per heavy atom. The number of hydrogen-bond donors (Lipinski definition) is 1. The molecule has 0 aliphatic carbocycles. The van der Waals surface area contributed by atoms with Crippen molar-refractivity contribution in [3.05, 3.63) is 74.4 Å². The molecule has 2 aromatic heterocycles. The Kier molecular flexibility index (Phi) is 4.26. The van der Waals surface area contributed by atoms with Crippen molar-refractivity contribution >= 4 is 33.4 Å². The number of benzene rings is 1. The van der Waals surface area contributed by atoms with Crippen molar-refractivity contribution in [1.82, 2.24) is 4.98 Å². The average molecular weight is 323 g/mol. The van der Waals surface area contributed by atoms with E-state index in [9.17, 15) is 9.59 Å². The molecule has 0 aliphatic heterocycles. The van der Waals surface area contributed by atoms with E-state index in [0.717, 1.165) is 27.8 Å². The van der Waals surface area contributed by atoms with E-state index in [4.69, 9.17) is 0 Å². The molecule has 116 valence electrons. The normalized spacial score (nSPS) is 11.4. The van der Waals surface area contributed by atoms with E-state index in [1.54, 1.807) is 6.08 Å². The minimum absolute atomic E-state index is 0.220. The Bertz CT molecular complexity index is 946. The van der Waals surface area contributed by atoms with Gasteiger partial charge in [-0.05, 0) is 47.6 Å². The zero-order valence-electron chi connectivity index (χ0n) is 13.1. The molecule has 0 fully saturated rings. The van der Waals surface area contributed by atoms with Crippen LogP contribution in [0.1, 0.15) is 34.0 Å². The Morgan fingerprint density at radius 3 is 2.65 bits per heavy atom. The monoisotopic (exact) mass is 323 g/mol. The highest BCUT2D eigenvalue weighted by molar-refractivity contribution is 7.16. The number of allylic oxidation sites excluding steroid dienone is 1. The fourth-order valence-corrected chi connectivity index (χ4v) is 3.43. The number of H-pyrrole nitrogens is 1. The number of ketones is 1. The van der Waals surface area contributed by atoms with Crippen molar-refractivity contribution < 1.29 is 4.79 Å². The summed E-state index contributed by atoms with van der Waals surface area (Å²) >= 11 is 1.46. The third kappa shape index (κ3) is 3.03. The average Bonchev–Trinajstić information content (AvgIpc) is 3.02. The van der Waals surface area contributed by atoms with E-state index < -0.39 is 0 Å². The van der Waals surface area contributed by atoms with Crippen LogP contribution in [0.15, 0.2) is 46.6 Å². The lowest BCUT2D eigenvalue weighted by molar-refractivity contribution is 0.104. The van der Waals surface area contributed by atoms with Gasteiger partial charge in [0.05, 0.1) is 5.56 Å². The van der Waals surface area contributed by atoms with Gasteiger partial charge >= 0.3 is 0 Å². The first-order valence-corrected chi connectivity index (χ1v) is 8.39. The lowest BCUT2D eigenvalue weighted by atomic mass is 10.0. The summed E-state index contributed by atoms with van der Waals surface area (Å²) < 4.78 is 0. The van der Waals surface area contributed by atoms with Gasteiger partial charge in [0.15, 0.2) is 5.78 Å². The molecule has 0 aliphatic rings. The van der Waals surface area contributed by atoms with Gasteiger partial charge in [-0.1, -0.05) is 37.3 Å². The summed E-state index contributed by atoms with van der Waals surface area (Å²) in [5, 5.41) is 2.84. The second-order valence-electron chi connectivity index (χ2n) is 5.41. The molecule has 1 aromatic carbocycles. The largest absolute Gasteiger partial charge is 0.313 e. The number of rotatable bonds is 4. The second-order valence-corrected chi connectivity index (χ2v) is 6.33. The first kappa shape index (κ1) is 15.4. The molecule has 0 radical (unpaired) electrons. The SMILES string of the molecule is CCc1ccc(/C=C/C(=O)c2c(C)c3ccsc3[nH]c2=O)cc1. The molecule has 1 N–H and O–H groups in total. The summed E-state index contributed by atoms with van der Waals surface area (Å²) in [7, 11) is 0. The highest BCUT2D eigenvalue weighted by atomic mass is 32.1. The third-order valence-electron chi connectivity index (χ3n) is 3.96. The zero-order valence-corrected chi connectivity index (χ0v) is 13.9. The van der Waals surface area contributed by atoms with Crippen molar-refractivity contribution in [3.63, 3.8) is 0 Å². The molecule has 4 heteroatoms. The van der Waals surface area contributed by atoms with Crippen LogP contribution in [0.4, 0.5) is 0 Å². The number of carbonyl (C=O) groups is 1. The van der Waals surface area contributed by atoms with Crippen LogP contribution in [0.3, 0.4) is 0 Å². The maximum atomic E-state index is 12.4. The number of fused-ring (bicyclic) bond motifs is 1. The smallest absolute Gasteiger partial charge is 0.260 e. The van der Waals surface area contributed by atoms with E-state index in [-0.39, 0.29) is 16.9 Å². The Morgan fingerprint density at radius 1 is 1.22 bits per heavy atom. The molecule has 0 amide bonds. The van der Waals surface area contributed by atoms with Crippen LogP contribution in [-0.2, 0) is 6.42 Å². The number of pyridine rings is 1. The van der Waals surface area contributed by atoms with Crippen LogP contribution >= 0.6 is 11.3 Å². The van der Waals surface area contributed by atoms with Crippen molar-refractivity contribution in [3.8, 4) is 0 Å². The summed E-state index contributed by atoms with van der Waals surface area (Å²) in [6.07, 6.45) is 4.20. The first-order chi connectivity index (χ1) is 11.1. The molecule has 3 rings (SSSR count). The van der Waals surface area contributed by atoms with Crippen LogP contribution in [-0.4, -0.2) is 10.8 Å². The second kappa shape index (κ2) is 6.34. The maximum Gasteiger partial charge on any atom is 0.260 e. The molecule has 0 spiro atoms. The molecular formula is C19H17NO2S. The Hall–Kier alpha value is -2.46. The van der Waals surface area contributed by atoms with Gasteiger partial charge in [-0.2, -0.15) is 0 Å². The van der Waals surface area contributed by atoms with Gasteiger partial charge in [-0.25, -0.2) is 0 Å². The van der Waals surface area contributed by atoms with Crippen LogP contribution in [0.25, 0.3) is 16.3 Å². The molecule has 0 bridgehead atoms. The van der Waals surface area contributed by atoms with Crippen LogP contribution in [0.5, 0.6) is 0 Å². The number of aryl methyl sites for hydroxylation is 2. The minimum Gasteiger partial charge on any atom is -0.313 e. The summed E-state index contributed by atoms with van der Waals surface area (Å²) in [6, 6.07) is 9.96. The van der Waals surface area contributed by atoms with Gasteiger partial charge < -0.3 is 4.98 Å². The van der Waals surface area contributed by atoms with Crippen molar-refractivity contribution in [2.45, 2.75) is 20.3 Å². The highest BCUT2D eigenvalue weighted by Gasteiger charge is 2.14. The fraction of sp³-hybridized carbons (Fsp3) is 0.158. The van der Waals surface area contributed by atoms with E-state index in [1.807, 2.05) is 42.6 Å². The lowest BCUT2D eigenvalue weighted by Crippen LogP contribution is -2.18. The summed E-state index contributed by atoms with van der Waals surface area (Å²) in [4.78, 5) is 28.2. The maximum absolute atomic E-state index is 12.4. The summed E-state index contributed by atoms with van der Waals surface area (Å²) in [5.74, 6) is -0.267. The fourth-order valence-electron chi connectivity index (χ4n) is 2.59. The van der Waals surface area contributed by atoms with Gasteiger partial charge in [-0.15, -0.1) is 11.3 Å². The molecule has 0 atom stereocenters. The van der Waals surface area contributed by atoms with E-state index in [2.05, 4.69) is 11.9 Å². The van der Waals surface area contributed by atoms with Crippen molar-refractivity contribution in [2.24, 2.45) is 0 Å². The van der Waals surface area contributed by atoms with E-state index in [1.165, 1.54) is 23.0 Å². The molecule has 0 saturated carbocycles. The van der Waals surface area contributed by atoms with Crippen LogP contribution in [0, 0.1) is 6.92 Å². The number of aromatic amines is 1. The van der Waals surface area contributed by atoms with Gasteiger partial charge in [0.1, 0.15) is 4.83 Å². The van der Waals surface area contributed by atoms with Gasteiger partial charge in [0, 0.05) is 5.39 Å². The quantitative estimate of drug-likeness (QED) is 0.573. The van der Waals surface area contributed by atoms with Crippen molar-refractivity contribution in [1.29, 1.82) is 0 Å². The predicted molar refractivity (Wildman–Crippen MR) is 96.4 cm³/mol. The Balaban J connectivity index is 1.93. The number of carbonyl (C=O) groups excluding carboxylic acids is 1. The van der Waals surface area contributed by atoms with Crippen LogP contribution < -0.4 is 5.56 Å². The van der Waals surface area contributed by atoms with Gasteiger partial charge in [0.25, 0.3) is 5.56 Å². The van der Waals surface area contributed by atoms with Gasteiger partial charge in [0.2, 0.25) is 0 Å². The molecule has 3 aromatic rings. The molecule has 2 heterocycles. The molecule has 0 unspecified atom stereocenters. The van der Waals surface area contributed by atoms with Crippen LogP contribution in [0.2, 0.25) is 0 Å². The van der Waals surface area contributed by atoms with Crippen molar-refractivity contribution in [2.75, 3.05) is 0 Å². The zero-order chi connectivity index (χ0) is 16.4. The molecule has 0 saturated heterocycles. The molecule has 3 nitrogen and oxygen atoms in total. The summed E-state index contributed by atoms with van der Waals surface area (Å²) in [6.45, 7) is 3.92. The number of thiophene rings is 1. The predicted octanol–water partition coefficient (Wildman–Crippen LogP) is 4.36. The Labute approximate surface area is 138 Å². The minimum atomic E-state index is -0.326. The topological polar surface area (TPSA) is 49.9 Å². The third-order valence-corrected chi connectivity index (χ3v) is 4.79. The number of aromatic nitrogens is 1. The number of hydrogen-bond acceptors (Lipinski definition) is 3. The standard InChI is InChI=1S/C19H17NO2S/c1-3-13-4-6-14(7-5-13)8-9-16(21)17-12(2)15-10-11-23-19(15)20-18(17)22/h4-11H,3H2,1-2H3,(H,20,22)/b9-8+. The highest BCUT2D eigenvalue weighted by Crippen LogP contribution is 2.22. The lowest BCUT2D eigenvalue weighted by Gasteiger charge is -2.03. The molecular weight excluding hydrogens is 306 g/mol. The first-order valence-electron chi connectivity index (χ1n) is 7.51. The van der Waals surface area contributed by atoms with E-state index in [0.29, 0.717) is 0 Å².